The molecule has 4 nitrogen and oxygen atoms in total. The first-order valence-corrected chi connectivity index (χ1v) is 4.39. The van der Waals surface area contributed by atoms with Crippen LogP contribution in [0.15, 0.2) is 0 Å². The Balaban J connectivity index is 3.60. The lowest BCUT2D eigenvalue weighted by atomic mass is 10.2. The Bertz CT molecular complexity index is 232. The van der Waals surface area contributed by atoms with Gasteiger partial charge in [0, 0.05) is 10.6 Å². The van der Waals surface area contributed by atoms with Gasteiger partial charge in [-0.15, -0.1) is 18.5 Å². The minimum atomic E-state index is 0.351. The van der Waals surface area contributed by atoms with Crippen molar-refractivity contribution >= 4 is 51.8 Å². The molecule has 66 valence electrons. The Labute approximate surface area is 75.5 Å². The van der Waals surface area contributed by atoms with Crippen molar-refractivity contribution in [3.05, 3.63) is 0 Å². The highest BCUT2D eigenvalue weighted by atomic mass is 31.0. The highest BCUT2D eigenvalue weighted by Crippen LogP contribution is 2.27. The van der Waals surface area contributed by atoms with Crippen LogP contribution in [0.4, 0.5) is 22.7 Å². The Morgan fingerprint density at radius 2 is 0.833 bits per heavy atom. The molecule has 0 aliphatic carbocycles. The number of benzene rings is 1. The second kappa shape index (κ2) is 2.96. The van der Waals surface area contributed by atoms with Crippen LogP contribution in [-0.2, 0) is 0 Å². The highest BCUT2D eigenvalue weighted by Gasteiger charge is 2.11. The second-order valence-corrected chi connectivity index (χ2v) is 3.64. The summed E-state index contributed by atoms with van der Waals surface area (Å²) < 4.78 is 0. The van der Waals surface area contributed by atoms with Gasteiger partial charge >= 0.3 is 0 Å². The molecule has 0 spiro atoms. The molecule has 0 fully saturated rings. The van der Waals surface area contributed by atoms with Crippen molar-refractivity contribution in [2.45, 2.75) is 0 Å². The first-order valence-electron chi connectivity index (χ1n) is 3.23. The van der Waals surface area contributed by atoms with Crippen molar-refractivity contribution in [2.24, 2.45) is 0 Å². The molecule has 2 atom stereocenters. The summed E-state index contributed by atoms with van der Waals surface area (Å²) in [5.74, 6) is 0. The molecule has 2 unspecified atom stereocenters. The fraction of sp³-hybridized carbons (Fsp3) is 0. The van der Waals surface area contributed by atoms with E-state index in [1.54, 1.807) is 0 Å². The first-order chi connectivity index (χ1) is 5.46. The van der Waals surface area contributed by atoms with E-state index in [1.807, 2.05) is 0 Å². The molecule has 1 aromatic rings. The topological polar surface area (TPSA) is 104 Å². The van der Waals surface area contributed by atoms with Crippen LogP contribution in [0.1, 0.15) is 0 Å². The summed E-state index contributed by atoms with van der Waals surface area (Å²) in [4.78, 5) is 0. The van der Waals surface area contributed by atoms with Crippen molar-refractivity contribution in [2.75, 3.05) is 22.9 Å². The minimum Gasteiger partial charge on any atom is -0.396 e. The summed E-state index contributed by atoms with van der Waals surface area (Å²) in [5, 5.41) is 1.56. The van der Waals surface area contributed by atoms with E-state index in [0.29, 0.717) is 22.7 Å². The van der Waals surface area contributed by atoms with Crippen LogP contribution in [0, 0.1) is 0 Å². The average molecular weight is 202 g/mol. The number of hydrogen-bond acceptors (Lipinski definition) is 4. The van der Waals surface area contributed by atoms with Crippen molar-refractivity contribution in [1.29, 1.82) is 0 Å². The number of anilines is 4. The summed E-state index contributed by atoms with van der Waals surface area (Å²) in [6.45, 7) is 0. The molecular formula is C6H12N4P2. The van der Waals surface area contributed by atoms with Gasteiger partial charge in [0.25, 0.3) is 0 Å². The van der Waals surface area contributed by atoms with Crippen LogP contribution in [-0.4, -0.2) is 0 Å². The second-order valence-electron chi connectivity index (χ2n) is 2.48. The maximum Gasteiger partial charge on any atom is 0.0809 e. The van der Waals surface area contributed by atoms with Gasteiger partial charge < -0.3 is 22.9 Å². The van der Waals surface area contributed by atoms with E-state index in [-0.39, 0.29) is 0 Å². The van der Waals surface area contributed by atoms with E-state index in [0.717, 1.165) is 10.6 Å². The zero-order valence-corrected chi connectivity index (χ0v) is 8.77. The van der Waals surface area contributed by atoms with Gasteiger partial charge in [0.2, 0.25) is 0 Å². The van der Waals surface area contributed by atoms with Gasteiger partial charge in [0.05, 0.1) is 22.7 Å². The zero-order valence-electron chi connectivity index (χ0n) is 6.46. The summed E-state index contributed by atoms with van der Waals surface area (Å²) in [5.41, 5.74) is 24.2. The largest absolute Gasteiger partial charge is 0.396 e. The van der Waals surface area contributed by atoms with Crippen molar-refractivity contribution < 1.29 is 0 Å². The molecule has 0 radical (unpaired) electrons. The van der Waals surface area contributed by atoms with Gasteiger partial charge in [-0.1, -0.05) is 0 Å². The molecule has 0 bridgehead atoms. The Morgan fingerprint density at radius 3 is 1.08 bits per heavy atom. The number of rotatable bonds is 0. The molecular weight excluding hydrogens is 190 g/mol. The lowest BCUT2D eigenvalue weighted by Crippen LogP contribution is -2.23. The lowest BCUT2D eigenvalue weighted by Gasteiger charge is -2.13. The molecule has 0 amide bonds. The number of hydrogen-bond donors (Lipinski definition) is 4. The molecule has 1 aromatic carbocycles. The molecule has 0 aromatic heterocycles. The average Bonchev–Trinajstić information content (AvgIpc) is 2.08. The third-order valence-corrected chi connectivity index (χ3v) is 3.32. The molecule has 0 heterocycles. The number of nitrogen functional groups attached to an aromatic ring is 4. The van der Waals surface area contributed by atoms with Gasteiger partial charge in [0.1, 0.15) is 0 Å². The fourth-order valence-corrected chi connectivity index (χ4v) is 1.49. The molecule has 6 heteroatoms. The third kappa shape index (κ3) is 1.17. The first kappa shape index (κ1) is 9.37. The third-order valence-electron chi connectivity index (χ3n) is 1.74. The molecule has 0 saturated carbocycles. The van der Waals surface area contributed by atoms with Crippen LogP contribution in [0.2, 0.25) is 0 Å². The maximum atomic E-state index is 5.66. The van der Waals surface area contributed by atoms with Gasteiger partial charge in [-0.05, 0) is 0 Å². The van der Waals surface area contributed by atoms with Crippen molar-refractivity contribution in [3.8, 4) is 0 Å². The zero-order chi connectivity index (χ0) is 9.46. The normalized spacial score (nSPS) is 10.2. The monoisotopic (exact) mass is 202 g/mol. The predicted molar refractivity (Wildman–Crippen MR) is 62.8 cm³/mol. The van der Waals surface area contributed by atoms with Crippen molar-refractivity contribution in [3.63, 3.8) is 0 Å². The fourth-order valence-electron chi connectivity index (χ4n) is 0.871. The van der Waals surface area contributed by atoms with Crippen LogP contribution in [0.3, 0.4) is 0 Å². The highest BCUT2D eigenvalue weighted by molar-refractivity contribution is 7.36. The molecule has 12 heavy (non-hydrogen) atoms. The standard InChI is InChI=1S/C6H12N4P2/c7-1-2(8)4(10)6(12)5(11)3(1)9/h7-12H2. The van der Waals surface area contributed by atoms with E-state index in [4.69, 9.17) is 22.9 Å². The Morgan fingerprint density at radius 1 is 0.583 bits per heavy atom. The van der Waals surface area contributed by atoms with E-state index in [9.17, 15) is 0 Å². The Hall–Kier alpha value is -0.720. The van der Waals surface area contributed by atoms with Crippen molar-refractivity contribution in [1.82, 2.24) is 0 Å². The van der Waals surface area contributed by atoms with Crippen LogP contribution < -0.4 is 33.5 Å². The maximum absolute atomic E-state index is 5.66. The number of nitrogens with two attached hydrogens (primary N) is 4. The van der Waals surface area contributed by atoms with E-state index < -0.39 is 0 Å². The van der Waals surface area contributed by atoms with Gasteiger partial charge in [-0.2, -0.15) is 0 Å². The smallest absolute Gasteiger partial charge is 0.0809 e. The van der Waals surface area contributed by atoms with E-state index in [1.165, 1.54) is 0 Å². The van der Waals surface area contributed by atoms with E-state index in [2.05, 4.69) is 18.5 Å². The van der Waals surface area contributed by atoms with E-state index >= 15 is 0 Å². The molecule has 0 saturated heterocycles. The van der Waals surface area contributed by atoms with Gasteiger partial charge in [0.15, 0.2) is 0 Å². The molecule has 0 aliphatic rings. The summed E-state index contributed by atoms with van der Waals surface area (Å²) in [6.07, 6.45) is 0. The summed E-state index contributed by atoms with van der Waals surface area (Å²) >= 11 is 0. The van der Waals surface area contributed by atoms with Crippen LogP contribution in [0.5, 0.6) is 0 Å². The predicted octanol–water partition coefficient (Wildman–Crippen LogP) is -0.984. The van der Waals surface area contributed by atoms with Crippen LogP contribution >= 0.6 is 18.5 Å². The van der Waals surface area contributed by atoms with Crippen LogP contribution in [0.25, 0.3) is 0 Å². The summed E-state index contributed by atoms with van der Waals surface area (Å²) in [6, 6.07) is 0. The Kier molecular flexibility index (Phi) is 2.31. The molecule has 1 rings (SSSR count). The minimum absolute atomic E-state index is 0.351. The SMILES string of the molecule is Nc1c(N)c(N)c(P)c(P)c1N. The lowest BCUT2D eigenvalue weighted by molar-refractivity contribution is 1.70. The van der Waals surface area contributed by atoms with Gasteiger partial charge in [-0.25, -0.2) is 0 Å². The molecule has 8 N–H and O–H groups in total. The molecule has 0 aliphatic heterocycles. The quantitative estimate of drug-likeness (QED) is 0.320. The summed E-state index contributed by atoms with van der Waals surface area (Å²) in [7, 11) is 4.95. The van der Waals surface area contributed by atoms with Gasteiger partial charge in [-0.3, -0.25) is 0 Å².